The van der Waals surface area contributed by atoms with Gasteiger partial charge in [0, 0.05) is 11.1 Å². The van der Waals surface area contributed by atoms with E-state index in [1.807, 2.05) is 12.3 Å². The summed E-state index contributed by atoms with van der Waals surface area (Å²) in [6.07, 6.45) is 1.83. The fourth-order valence-corrected chi connectivity index (χ4v) is 2.43. The third kappa shape index (κ3) is 2.81. The van der Waals surface area contributed by atoms with Gasteiger partial charge in [0.2, 0.25) is 0 Å². The summed E-state index contributed by atoms with van der Waals surface area (Å²) in [6, 6.07) is 1.98. The lowest BCUT2D eigenvalue weighted by Crippen LogP contribution is -1.94. The highest BCUT2D eigenvalue weighted by molar-refractivity contribution is 8.00. The second-order valence-electron chi connectivity index (χ2n) is 2.39. The van der Waals surface area contributed by atoms with Crippen molar-refractivity contribution in [3.8, 4) is 0 Å². The summed E-state index contributed by atoms with van der Waals surface area (Å²) in [4.78, 5) is 5.38. The Labute approximate surface area is 87.7 Å². The molecule has 0 amide bonds. The largest absolute Gasteiger partial charge is 0.396 e. The number of thioether (sulfide) groups is 2. The van der Waals surface area contributed by atoms with Crippen molar-refractivity contribution in [1.29, 1.82) is 0 Å². The first-order valence-corrected chi connectivity index (χ1v) is 6.26. The van der Waals surface area contributed by atoms with Crippen molar-refractivity contribution in [2.24, 2.45) is 0 Å². The van der Waals surface area contributed by atoms with E-state index in [-0.39, 0.29) is 0 Å². The average molecular weight is 214 g/mol. The normalized spacial score (nSPS) is 10.3. The molecule has 2 nitrogen and oxygen atoms in total. The molecule has 0 spiro atoms. The third-order valence-electron chi connectivity index (χ3n) is 1.49. The van der Waals surface area contributed by atoms with Crippen LogP contribution in [0.25, 0.3) is 0 Å². The highest BCUT2D eigenvalue weighted by Gasteiger charge is 2.05. The van der Waals surface area contributed by atoms with E-state index in [1.165, 1.54) is 0 Å². The molecule has 1 rings (SSSR count). The molecule has 0 saturated carbocycles. The smallest absolute Gasteiger partial charge is 0.120 e. The summed E-state index contributed by atoms with van der Waals surface area (Å²) in [7, 11) is 0. The Balaban J connectivity index is 2.89. The van der Waals surface area contributed by atoms with Crippen LogP contribution in [0.2, 0.25) is 0 Å². The van der Waals surface area contributed by atoms with E-state index in [0.717, 1.165) is 27.1 Å². The quantitative estimate of drug-likeness (QED) is 0.782. The van der Waals surface area contributed by atoms with Crippen LogP contribution in [-0.4, -0.2) is 16.5 Å². The van der Waals surface area contributed by atoms with Crippen molar-refractivity contribution in [3.05, 3.63) is 12.3 Å². The number of hydrogen-bond acceptors (Lipinski definition) is 4. The molecule has 0 saturated heterocycles. The molecule has 2 N–H and O–H groups in total. The lowest BCUT2D eigenvalue weighted by atomic mass is 10.4. The summed E-state index contributed by atoms with van der Waals surface area (Å²) >= 11 is 3.46. The van der Waals surface area contributed by atoms with Crippen LogP contribution in [0.3, 0.4) is 0 Å². The zero-order chi connectivity index (χ0) is 9.68. The summed E-state index contributed by atoms with van der Waals surface area (Å²) in [5.74, 6) is 2.06. The van der Waals surface area contributed by atoms with Gasteiger partial charge in [0.1, 0.15) is 5.03 Å². The van der Waals surface area contributed by atoms with Crippen molar-refractivity contribution in [1.82, 2.24) is 4.98 Å². The SMILES string of the molecule is CCSc1ccnc(SCC)c1N. The average Bonchev–Trinajstić information content (AvgIpc) is 2.13. The number of nitrogens with zero attached hydrogens (tertiary/aromatic N) is 1. The standard InChI is InChI=1S/C9H14N2S2/c1-3-12-7-5-6-11-9(8(7)10)13-4-2/h5-6H,3-4,10H2,1-2H3. The van der Waals surface area contributed by atoms with Crippen molar-refractivity contribution in [2.75, 3.05) is 17.2 Å². The maximum Gasteiger partial charge on any atom is 0.120 e. The minimum Gasteiger partial charge on any atom is -0.396 e. The van der Waals surface area contributed by atoms with Gasteiger partial charge < -0.3 is 5.73 Å². The number of nitrogens with two attached hydrogens (primary N) is 1. The second-order valence-corrected chi connectivity index (χ2v) is 4.95. The number of hydrogen-bond donors (Lipinski definition) is 1. The molecule has 13 heavy (non-hydrogen) atoms. The maximum atomic E-state index is 5.95. The molecule has 0 bridgehead atoms. The molecule has 0 aliphatic heterocycles. The summed E-state index contributed by atoms with van der Waals surface area (Å²) in [5.41, 5.74) is 6.79. The highest BCUT2D eigenvalue weighted by Crippen LogP contribution is 2.31. The third-order valence-corrected chi connectivity index (χ3v) is 3.34. The predicted octanol–water partition coefficient (Wildman–Crippen LogP) is 2.89. The molecule has 1 aromatic rings. The van der Waals surface area contributed by atoms with Crippen LogP contribution in [0.5, 0.6) is 0 Å². The molecule has 1 heterocycles. The Morgan fingerprint density at radius 1 is 1.31 bits per heavy atom. The van der Waals surface area contributed by atoms with E-state index >= 15 is 0 Å². The van der Waals surface area contributed by atoms with Crippen LogP contribution < -0.4 is 5.73 Å². The lowest BCUT2D eigenvalue weighted by Gasteiger charge is -2.06. The Bertz CT molecular complexity index is 252. The molecule has 0 atom stereocenters. The molecule has 1 aromatic heterocycles. The number of nitrogen functional groups attached to an aromatic ring is 1. The van der Waals surface area contributed by atoms with Crippen molar-refractivity contribution < 1.29 is 0 Å². The summed E-state index contributed by atoms with van der Waals surface area (Å²) in [6.45, 7) is 4.22. The zero-order valence-corrected chi connectivity index (χ0v) is 9.54. The van der Waals surface area contributed by atoms with Crippen molar-refractivity contribution in [3.63, 3.8) is 0 Å². The van der Waals surface area contributed by atoms with Crippen LogP contribution in [0.4, 0.5) is 5.69 Å². The van der Waals surface area contributed by atoms with Gasteiger partial charge in [-0.05, 0) is 17.6 Å². The number of pyridine rings is 1. The predicted molar refractivity (Wildman–Crippen MR) is 61.4 cm³/mol. The fraction of sp³-hybridized carbons (Fsp3) is 0.444. The van der Waals surface area contributed by atoms with Gasteiger partial charge in [-0.25, -0.2) is 4.98 Å². The van der Waals surface area contributed by atoms with Gasteiger partial charge in [0.25, 0.3) is 0 Å². The first-order chi connectivity index (χ1) is 6.29. The van der Waals surface area contributed by atoms with E-state index in [9.17, 15) is 0 Å². The van der Waals surface area contributed by atoms with Crippen molar-refractivity contribution in [2.45, 2.75) is 23.8 Å². The number of rotatable bonds is 4. The van der Waals surface area contributed by atoms with E-state index in [1.54, 1.807) is 23.5 Å². The minimum absolute atomic E-state index is 0.834. The zero-order valence-electron chi connectivity index (χ0n) is 7.91. The molecule has 0 radical (unpaired) electrons. The Morgan fingerprint density at radius 2 is 2.00 bits per heavy atom. The molecule has 0 aromatic carbocycles. The van der Waals surface area contributed by atoms with Gasteiger partial charge in [-0.2, -0.15) is 0 Å². The topological polar surface area (TPSA) is 38.9 Å². The van der Waals surface area contributed by atoms with Crippen LogP contribution in [0.1, 0.15) is 13.8 Å². The minimum atomic E-state index is 0.834. The van der Waals surface area contributed by atoms with E-state index in [0.29, 0.717) is 0 Å². The van der Waals surface area contributed by atoms with Gasteiger partial charge in [-0.3, -0.25) is 0 Å². The molecular formula is C9H14N2S2. The Kier molecular flexibility index (Phi) is 4.45. The van der Waals surface area contributed by atoms with E-state index in [2.05, 4.69) is 18.8 Å². The molecule has 4 heteroatoms. The maximum absolute atomic E-state index is 5.95. The fourth-order valence-electron chi connectivity index (χ4n) is 0.970. The molecule has 0 aliphatic carbocycles. The first-order valence-electron chi connectivity index (χ1n) is 4.29. The molecule has 0 fully saturated rings. The van der Waals surface area contributed by atoms with Crippen LogP contribution >= 0.6 is 23.5 Å². The summed E-state index contributed by atoms with van der Waals surface area (Å²) < 4.78 is 0. The Hall–Kier alpha value is -0.350. The van der Waals surface area contributed by atoms with Gasteiger partial charge in [-0.1, -0.05) is 13.8 Å². The van der Waals surface area contributed by atoms with E-state index in [4.69, 9.17) is 5.73 Å². The van der Waals surface area contributed by atoms with Crippen LogP contribution in [-0.2, 0) is 0 Å². The molecule has 0 unspecified atom stereocenters. The molecule has 0 aliphatic rings. The van der Waals surface area contributed by atoms with Gasteiger partial charge in [-0.15, -0.1) is 23.5 Å². The van der Waals surface area contributed by atoms with E-state index < -0.39 is 0 Å². The first kappa shape index (κ1) is 10.7. The van der Waals surface area contributed by atoms with Crippen molar-refractivity contribution >= 4 is 29.2 Å². The van der Waals surface area contributed by atoms with Gasteiger partial charge in [0.05, 0.1) is 5.69 Å². The van der Waals surface area contributed by atoms with Crippen LogP contribution in [0.15, 0.2) is 22.2 Å². The molecular weight excluding hydrogens is 200 g/mol. The monoisotopic (exact) mass is 214 g/mol. The number of anilines is 1. The highest BCUT2D eigenvalue weighted by atomic mass is 32.2. The van der Waals surface area contributed by atoms with Crippen LogP contribution in [0, 0.1) is 0 Å². The summed E-state index contributed by atoms with van der Waals surface area (Å²) in [5, 5.41) is 0.959. The second kappa shape index (κ2) is 5.40. The van der Waals surface area contributed by atoms with Gasteiger partial charge >= 0.3 is 0 Å². The number of aromatic nitrogens is 1. The molecule has 72 valence electrons. The van der Waals surface area contributed by atoms with Gasteiger partial charge in [0.15, 0.2) is 0 Å². The lowest BCUT2D eigenvalue weighted by molar-refractivity contribution is 1.10. The Morgan fingerprint density at radius 3 is 2.62 bits per heavy atom.